The van der Waals surface area contributed by atoms with E-state index in [0.717, 1.165) is 20.4 Å². The molecule has 1 rings (SSSR count). The summed E-state index contributed by atoms with van der Waals surface area (Å²) in [6, 6.07) is 0. The fraction of sp³-hybridized carbons (Fsp3) is 0.417. The molecule has 0 N–H and O–H groups in total. The number of nitrogens with zero attached hydrogens (tertiary/aromatic N) is 4. The van der Waals surface area contributed by atoms with E-state index >= 15 is 0 Å². The molecule has 0 aromatic carbocycles. The average Bonchev–Trinajstić information content (AvgIpc) is 2.51. The van der Waals surface area contributed by atoms with Gasteiger partial charge in [-0.25, -0.2) is 14.8 Å². The summed E-state index contributed by atoms with van der Waals surface area (Å²) in [7, 11) is 2.24. The summed E-state index contributed by atoms with van der Waals surface area (Å²) in [6.07, 6.45) is -2.68. The van der Waals surface area contributed by atoms with Crippen molar-refractivity contribution in [1.29, 1.82) is 0 Å². The molecule has 0 aliphatic carbocycles. The van der Waals surface area contributed by atoms with Crippen LogP contribution in [0.2, 0.25) is 0 Å². The van der Waals surface area contributed by atoms with Crippen molar-refractivity contribution in [2.24, 2.45) is 10.3 Å². The van der Waals surface area contributed by atoms with Crippen LogP contribution in [-0.4, -0.2) is 42.1 Å². The minimum Gasteiger partial charge on any atom is -0.464 e. The Hall–Kier alpha value is -2.72. The second-order valence-electron chi connectivity index (χ2n) is 3.80. The monoisotopic (exact) mass is 334 g/mol. The van der Waals surface area contributed by atoms with Gasteiger partial charge in [0, 0.05) is 12.4 Å². The summed E-state index contributed by atoms with van der Waals surface area (Å²) in [4.78, 5) is 27.5. The van der Waals surface area contributed by atoms with Gasteiger partial charge in [0.2, 0.25) is 5.82 Å². The molecule has 0 atom stereocenters. The number of carbonyl (C=O) groups excluding carboxylic acids is 1. The predicted molar refractivity (Wildman–Crippen MR) is 71.6 cm³/mol. The van der Waals surface area contributed by atoms with Gasteiger partial charge in [-0.1, -0.05) is 10.3 Å². The second kappa shape index (κ2) is 8.06. The maximum Gasteiger partial charge on any atom is 0.451 e. The number of rotatable bonds is 6. The molecular weight excluding hydrogens is 321 g/mol. The van der Waals surface area contributed by atoms with Gasteiger partial charge in [-0.15, -0.1) is 0 Å². The Balaban J connectivity index is 3.38. The van der Waals surface area contributed by atoms with Gasteiger partial charge in [-0.2, -0.15) is 13.2 Å². The van der Waals surface area contributed by atoms with Crippen molar-refractivity contribution < 1.29 is 32.4 Å². The van der Waals surface area contributed by atoms with Crippen LogP contribution in [0.4, 0.5) is 13.2 Å². The van der Waals surface area contributed by atoms with Gasteiger partial charge in [0.1, 0.15) is 7.11 Å². The van der Waals surface area contributed by atoms with Crippen LogP contribution in [0.15, 0.2) is 16.5 Å². The van der Waals surface area contributed by atoms with Gasteiger partial charge in [0.05, 0.1) is 18.4 Å². The van der Waals surface area contributed by atoms with Gasteiger partial charge < -0.3 is 14.4 Å². The van der Waals surface area contributed by atoms with Crippen molar-refractivity contribution in [3.05, 3.63) is 23.3 Å². The van der Waals surface area contributed by atoms with E-state index in [1.54, 1.807) is 6.92 Å². The number of ether oxygens (including phenoxy) is 1. The van der Waals surface area contributed by atoms with Crippen LogP contribution in [0.1, 0.15) is 24.0 Å². The van der Waals surface area contributed by atoms with Gasteiger partial charge in [-0.05, 0) is 6.92 Å². The van der Waals surface area contributed by atoms with Crippen LogP contribution < -0.4 is 0 Å². The van der Waals surface area contributed by atoms with Crippen LogP contribution in [0.25, 0.3) is 0 Å². The SMILES string of the molecule is CC=NOCc1nc(C(F)(F)F)ncc1/C(=N\OC)C(=O)OC. The zero-order valence-corrected chi connectivity index (χ0v) is 12.4. The molecule has 126 valence electrons. The lowest BCUT2D eigenvalue weighted by Crippen LogP contribution is -2.22. The molecule has 11 heteroatoms. The molecular formula is C12H13F3N4O4. The number of halogens is 3. The topological polar surface area (TPSA) is 95.3 Å². The van der Waals surface area contributed by atoms with Crippen LogP contribution in [-0.2, 0) is 32.0 Å². The summed E-state index contributed by atoms with van der Waals surface area (Å²) in [5.74, 6) is -2.32. The van der Waals surface area contributed by atoms with Gasteiger partial charge in [-0.3, -0.25) is 0 Å². The van der Waals surface area contributed by atoms with Gasteiger partial charge in [0.25, 0.3) is 0 Å². The number of methoxy groups -OCH3 is 1. The highest BCUT2D eigenvalue weighted by molar-refractivity contribution is 6.43. The lowest BCUT2D eigenvalue weighted by molar-refractivity contribution is -0.145. The molecule has 0 radical (unpaired) electrons. The Morgan fingerprint density at radius 1 is 1.39 bits per heavy atom. The molecule has 0 bridgehead atoms. The number of carbonyl (C=O) groups is 1. The van der Waals surface area contributed by atoms with Crippen molar-refractivity contribution in [2.75, 3.05) is 14.2 Å². The zero-order valence-electron chi connectivity index (χ0n) is 12.4. The van der Waals surface area contributed by atoms with Gasteiger partial charge in [0.15, 0.2) is 12.3 Å². The van der Waals surface area contributed by atoms with Crippen LogP contribution in [0.5, 0.6) is 0 Å². The van der Waals surface area contributed by atoms with E-state index in [2.05, 4.69) is 29.9 Å². The highest BCUT2D eigenvalue weighted by Gasteiger charge is 2.36. The molecule has 23 heavy (non-hydrogen) atoms. The molecule has 0 fully saturated rings. The first-order valence-electron chi connectivity index (χ1n) is 6.08. The third-order valence-corrected chi connectivity index (χ3v) is 2.32. The molecule has 0 unspecified atom stereocenters. The van der Waals surface area contributed by atoms with Crippen molar-refractivity contribution >= 4 is 17.9 Å². The van der Waals surface area contributed by atoms with Crippen molar-refractivity contribution in [3.63, 3.8) is 0 Å². The normalized spacial score (nSPS) is 12.3. The fourth-order valence-electron chi connectivity index (χ4n) is 1.42. The summed E-state index contributed by atoms with van der Waals surface area (Å²) in [5, 5.41) is 6.85. The molecule has 0 saturated carbocycles. The molecule has 0 aliphatic heterocycles. The summed E-state index contributed by atoms with van der Waals surface area (Å²) >= 11 is 0. The molecule has 1 heterocycles. The molecule has 0 spiro atoms. The van der Waals surface area contributed by atoms with Crippen LogP contribution in [0, 0.1) is 0 Å². The summed E-state index contributed by atoms with van der Waals surface area (Å²) in [6.45, 7) is 1.11. The van der Waals surface area contributed by atoms with Crippen LogP contribution in [0.3, 0.4) is 0 Å². The first kappa shape index (κ1) is 18.3. The zero-order chi connectivity index (χ0) is 17.5. The van der Waals surface area contributed by atoms with E-state index in [0.29, 0.717) is 0 Å². The summed E-state index contributed by atoms with van der Waals surface area (Å²) in [5.41, 5.74) is -0.778. The van der Waals surface area contributed by atoms with E-state index < -0.39 is 30.3 Å². The predicted octanol–water partition coefficient (Wildman–Crippen LogP) is 1.54. The molecule has 1 aromatic rings. The number of hydrogen-bond acceptors (Lipinski definition) is 8. The van der Waals surface area contributed by atoms with E-state index in [9.17, 15) is 18.0 Å². The van der Waals surface area contributed by atoms with Crippen molar-refractivity contribution in [2.45, 2.75) is 19.7 Å². The quantitative estimate of drug-likeness (QED) is 0.445. The number of aromatic nitrogens is 2. The minimum atomic E-state index is -4.76. The van der Waals surface area contributed by atoms with Gasteiger partial charge >= 0.3 is 12.1 Å². The van der Waals surface area contributed by atoms with Crippen molar-refractivity contribution in [1.82, 2.24) is 9.97 Å². The maximum atomic E-state index is 12.7. The standard InChI is InChI=1S/C12H13F3N4O4/c1-4-17-23-6-8-7(9(19-22-3)10(20)21-2)5-16-11(18-8)12(13,14)15/h4-5H,6H2,1-3H3/b17-4?,19-9+. The highest BCUT2D eigenvalue weighted by atomic mass is 19.4. The van der Waals surface area contributed by atoms with Crippen molar-refractivity contribution in [3.8, 4) is 0 Å². The lowest BCUT2D eigenvalue weighted by Gasteiger charge is -2.11. The molecule has 0 saturated heterocycles. The first-order chi connectivity index (χ1) is 10.8. The molecule has 0 amide bonds. The van der Waals surface area contributed by atoms with Crippen LogP contribution >= 0.6 is 0 Å². The van der Waals surface area contributed by atoms with E-state index in [4.69, 9.17) is 4.84 Å². The minimum absolute atomic E-state index is 0.127. The average molecular weight is 334 g/mol. The maximum absolute atomic E-state index is 12.7. The number of esters is 1. The third-order valence-electron chi connectivity index (χ3n) is 2.32. The number of alkyl halides is 3. The highest BCUT2D eigenvalue weighted by Crippen LogP contribution is 2.26. The summed E-state index contributed by atoms with van der Waals surface area (Å²) < 4.78 is 42.7. The fourth-order valence-corrected chi connectivity index (χ4v) is 1.42. The second-order valence-corrected chi connectivity index (χ2v) is 3.80. The van der Waals surface area contributed by atoms with E-state index in [1.807, 2.05) is 0 Å². The Labute approximate surface area is 128 Å². The van der Waals surface area contributed by atoms with E-state index in [1.165, 1.54) is 6.21 Å². The molecule has 8 nitrogen and oxygen atoms in total. The van der Waals surface area contributed by atoms with E-state index in [-0.39, 0.29) is 11.3 Å². The largest absolute Gasteiger partial charge is 0.464 e. The smallest absolute Gasteiger partial charge is 0.451 e. The molecule has 1 aromatic heterocycles. The Morgan fingerprint density at radius 2 is 2.09 bits per heavy atom. The Morgan fingerprint density at radius 3 is 2.61 bits per heavy atom. The lowest BCUT2D eigenvalue weighted by atomic mass is 10.1. The Kier molecular flexibility index (Phi) is 6.42. The molecule has 0 aliphatic rings. The number of hydrogen-bond donors (Lipinski definition) is 0. The first-order valence-corrected chi connectivity index (χ1v) is 6.08. The third kappa shape index (κ3) is 4.90. The Bertz CT molecular complexity index is 617. The number of oxime groups is 2.